The second-order valence-corrected chi connectivity index (χ2v) is 3.05. The Morgan fingerprint density at radius 1 is 0.667 bits per heavy atom. The van der Waals surface area contributed by atoms with Crippen molar-refractivity contribution in [2.45, 2.75) is 0 Å². The van der Waals surface area contributed by atoms with E-state index in [9.17, 15) is 0 Å². The summed E-state index contributed by atoms with van der Waals surface area (Å²) in [6, 6.07) is 20.7. The maximum Gasteiger partial charge on any atom is 0.488 e. The summed E-state index contributed by atoms with van der Waals surface area (Å²) < 4.78 is 0. The van der Waals surface area contributed by atoms with Crippen molar-refractivity contribution >= 4 is 20.3 Å². The maximum absolute atomic E-state index is 8.58. The lowest BCUT2D eigenvalue weighted by molar-refractivity contribution is 0.425. The van der Waals surface area contributed by atoms with Crippen LogP contribution in [-0.4, -0.2) is 34.9 Å². The second-order valence-electron chi connectivity index (χ2n) is 3.05. The smallest absolute Gasteiger partial charge is 0.429 e. The molecule has 2 aromatic carbocycles. The Morgan fingerprint density at radius 2 is 0.944 bits per heavy atom. The predicted molar refractivity (Wildman–Crippen MR) is 72.9 cm³/mol. The first-order valence-corrected chi connectivity index (χ1v) is 5.23. The average Bonchev–Trinajstić information content (AvgIpc) is 2.43. The van der Waals surface area contributed by atoms with E-state index in [2.05, 4.69) is 0 Å². The molecule has 0 aromatic heterocycles. The first kappa shape index (κ1) is 16.4. The summed E-state index contributed by atoms with van der Waals surface area (Å²) in [5, 5.41) is 31.2. The molecule has 0 aliphatic heterocycles. The molecule has 18 heavy (non-hydrogen) atoms. The van der Waals surface area contributed by atoms with Gasteiger partial charge in [0.25, 0.3) is 0 Å². The van der Waals surface area contributed by atoms with Crippen molar-refractivity contribution in [2.75, 3.05) is 0 Å². The summed E-state index contributed by atoms with van der Waals surface area (Å²) in [4.78, 5) is 0. The van der Waals surface area contributed by atoms with Gasteiger partial charge in [-0.25, -0.2) is 0 Å². The van der Waals surface area contributed by atoms with E-state index in [-0.39, 0.29) is 7.69 Å². The zero-order chi connectivity index (χ0) is 13.6. The van der Waals surface area contributed by atoms with Gasteiger partial charge in [0.1, 0.15) is 0 Å². The first-order valence-electron chi connectivity index (χ1n) is 5.23. The Morgan fingerprint density at radius 3 is 1.17 bits per heavy atom. The van der Waals surface area contributed by atoms with E-state index in [4.69, 9.17) is 20.1 Å². The molecule has 0 aliphatic rings. The lowest BCUT2D eigenvalue weighted by Crippen LogP contribution is -2.29. The molecular weight excluding hydrogens is 230 g/mol. The molecule has 4 N–H and O–H groups in total. The van der Waals surface area contributed by atoms with Gasteiger partial charge in [0.15, 0.2) is 0 Å². The highest BCUT2D eigenvalue weighted by Crippen LogP contribution is 1.82. The summed E-state index contributed by atoms with van der Waals surface area (Å²) in [6.45, 7) is 0. The minimum Gasteiger partial charge on any atom is -0.429 e. The van der Waals surface area contributed by atoms with Gasteiger partial charge < -0.3 is 20.1 Å². The van der Waals surface area contributed by atoms with E-state index in [1.165, 1.54) is 0 Å². The molecule has 2 rings (SSSR count). The van der Waals surface area contributed by atoms with Crippen LogP contribution in [0.5, 0.6) is 0 Å². The molecule has 2 aromatic rings. The molecule has 1 radical (unpaired) electrons. The van der Waals surface area contributed by atoms with E-state index in [0.717, 1.165) is 0 Å². The monoisotopic (exact) mass is 245 g/mol. The van der Waals surface area contributed by atoms with E-state index < -0.39 is 7.12 Å². The summed E-state index contributed by atoms with van der Waals surface area (Å²) >= 11 is 0. The summed E-state index contributed by atoms with van der Waals surface area (Å²) in [5.74, 6) is 0. The minimum atomic E-state index is -1.34. The fraction of sp³-hybridized carbons (Fsp3) is 0. The van der Waals surface area contributed by atoms with Gasteiger partial charge in [0, 0.05) is 0 Å². The van der Waals surface area contributed by atoms with Gasteiger partial charge >= 0.3 is 14.8 Å². The molecule has 0 saturated heterocycles. The molecular formula is C12H15B2O4. The van der Waals surface area contributed by atoms with Crippen molar-refractivity contribution in [1.29, 1.82) is 0 Å². The van der Waals surface area contributed by atoms with E-state index in [1.54, 1.807) is 24.3 Å². The van der Waals surface area contributed by atoms with Gasteiger partial charge in [0.2, 0.25) is 0 Å². The van der Waals surface area contributed by atoms with Crippen molar-refractivity contribution < 1.29 is 20.1 Å². The number of hydrogen-bond donors (Lipinski definition) is 4. The number of benzene rings is 2. The van der Waals surface area contributed by atoms with Crippen molar-refractivity contribution in [1.82, 2.24) is 0 Å². The molecule has 0 amide bonds. The molecule has 0 aliphatic carbocycles. The lowest BCUT2D eigenvalue weighted by atomic mass is 9.81. The van der Waals surface area contributed by atoms with E-state index in [1.807, 2.05) is 42.5 Å². The Balaban J connectivity index is 0.000000278. The van der Waals surface area contributed by atoms with Gasteiger partial charge in [0.05, 0.1) is 0 Å². The molecule has 0 heterocycles. The van der Waals surface area contributed by atoms with Crippen LogP contribution in [0.4, 0.5) is 0 Å². The van der Waals surface area contributed by atoms with Crippen molar-refractivity contribution in [3.63, 3.8) is 0 Å². The Kier molecular flexibility index (Phi) is 10.8. The van der Waals surface area contributed by atoms with Crippen LogP contribution in [0, 0.1) is 0 Å². The Hall–Kier alpha value is -1.59. The second kappa shape index (κ2) is 11.9. The zero-order valence-electron chi connectivity index (χ0n) is 9.79. The van der Waals surface area contributed by atoms with Crippen molar-refractivity contribution in [3.05, 3.63) is 66.7 Å². The van der Waals surface area contributed by atoms with Crippen molar-refractivity contribution in [2.24, 2.45) is 0 Å². The van der Waals surface area contributed by atoms with Crippen LogP contribution < -0.4 is 5.46 Å². The third kappa shape index (κ3) is 9.62. The third-order valence-corrected chi connectivity index (χ3v) is 1.76. The Bertz CT molecular complexity index is 344. The van der Waals surface area contributed by atoms with Crippen LogP contribution in [0.25, 0.3) is 0 Å². The van der Waals surface area contributed by atoms with Crippen LogP contribution >= 0.6 is 0 Å². The first-order chi connectivity index (χ1) is 8.72. The molecule has 6 heteroatoms. The van der Waals surface area contributed by atoms with E-state index in [0.29, 0.717) is 5.46 Å². The largest absolute Gasteiger partial charge is 0.488 e. The Labute approximate surface area is 108 Å². The van der Waals surface area contributed by atoms with Gasteiger partial charge in [-0.05, 0) is 5.46 Å². The van der Waals surface area contributed by atoms with Crippen molar-refractivity contribution in [3.8, 4) is 0 Å². The standard InChI is InChI=1S/C6H7BO2.C6H6.BH2O2/c8-7(9)6-4-2-1-3-5-6;1-2-4-6-5-3-1;2-1-3/h1-5,8-9H;1-6H;2-3H. The van der Waals surface area contributed by atoms with E-state index >= 15 is 0 Å². The molecule has 93 valence electrons. The van der Waals surface area contributed by atoms with Crippen LogP contribution in [0.3, 0.4) is 0 Å². The highest BCUT2D eigenvalue weighted by molar-refractivity contribution is 6.58. The lowest BCUT2D eigenvalue weighted by Gasteiger charge is -1.94. The third-order valence-electron chi connectivity index (χ3n) is 1.76. The summed E-state index contributed by atoms with van der Waals surface area (Å²) in [7, 11) is -1.34. The van der Waals surface area contributed by atoms with Crippen LogP contribution in [0.1, 0.15) is 0 Å². The molecule has 4 nitrogen and oxygen atoms in total. The fourth-order valence-electron chi connectivity index (χ4n) is 1.01. The topological polar surface area (TPSA) is 80.9 Å². The molecule has 0 saturated carbocycles. The van der Waals surface area contributed by atoms with Gasteiger partial charge in [-0.1, -0.05) is 66.7 Å². The number of hydrogen-bond acceptors (Lipinski definition) is 4. The minimum absolute atomic E-state index is 0. The summed E-state index contributed by atoms with van der Waals surface area (Å²) in [5.41, 5.74) is 0.525. The van der Waals surface area contributed by atoms with Crippen LogP contribution in [0.15, 0.2) is 66.7 Å². The normalized spacial score (nSPS) is 8.00. The van der Waals surface area contributed by atoms with Crippen LogP contribution in [0.2, 0.25) is 0 Å². The zero-order valence-corrected chi connectivity index (χ0v) is 9.79. The molecule has 0 atom stereocenters. The number of rotatable bonds is 1. The van der Waals surface area contributed by atoms with Gasteiger partial charge in [-0.15, -0.1) is 0 Å². The molecule has 0 spiro atoms. The highest BCUT2D eigenvalue weighted by atomic mass is 16.4. The van der Waals surface area contributed by atoms with Gasteiger partial charge in [-0.3, -0.25) is 0 Å². The SMILES string of the molecule is OB(O)c1ccccc1.O[B]O.c1ccccc1. The maximum atomic E-state index is 8.58. The molecule has 0 fully saturated rings. The van der Waals surface area contributed by atoms with Gasteiger partial charge in [-0.2, -0.15) is 0 Å². The average molecular weight is 245 g/mol. The predicted octanol–water partition coefficient (Wildman–Crippen LogP) is -0.442. The quantitative estimate of drug-likeness (QED) is 0.513. The highest BCUT2D eigenvalue weighted by Gasteiger charge is 2.07. The summed E-state index contributed by atoms with van der Waals surface area (Å²) in [6.07, 6.45) is 0. The fourth-order valence-corrected chi connectivity index (χ4v) is 1.01. The molecule has 0 bridgehead atoms. The van der Waals surface area contributed by atoms with Crippen LogP contribution in [-0.2, 0) is 0 Å². The molecule has 0 unspecified atom stereocenters.